The number of hydrogen-bond donors (Lipinski definition) is 2. The molecule has 7 nitrogen and oxygen atoms in total. The van der Waals surface area contributed by atoms with Gasteiger partial charge in [0.1, 0.15) is 0 Å². The van der Waals surface area contributed by atoms with Crippen LogP contribution in [0.15, 0.2) is 0 Å². The van der Waals surface area contributed by atoms with Crippen molar-refractivity contribution in [2.45, 2.75) is 39.2 Å². The minimum absolute atomic E-state index is 0.0202. The first-order valence-corrected chi connectivity index (χ1v) is 9.00. The van der Waals surface area contributed by atoms with E-state index in [-0.39, 0.29) is 6.04 Å². The summed E-state index contributed by atoms with van der Waals surface area (Å²) in [6.07, 6.45) is 2.30. The van der Waals surface area contributed by atoms with Crippen LogP contribution in [0.5, 0.6) is 0 Å². The predicted octanol–water partition coefficient (Wildman–Crippen LogP) is 0.342. The van der Waals surface area contributed by atoms with Crippen molar-refractivity contribution in [1.82, 2.24) is 13.9 Å². The van der Waals surface area contributed by atoms with Crippen LogP contribution in [0.25, 0.3) is 0 Å². The van der Waals surface area contributed by atoms with Gasteiger partial charge >= 0.3 is 6.03 Å². The third kappa shape index (κ3) is 4.08. The van der Waals surface area contributed by atoms with Crippen molar-refractivity contribution in [3.63, 3.8) is 0 Å². The summed E-state index contributed by atoms with van der Waals surface area (Å²) in [7, 11) is -3.38. The average Bonchev–Trinajstić information content (AvgIpc) is 2.37. The SMILES string of the molecule is C[C@@H]1C[C@H](C)CN(S(=O)(=O)N2CCC(NC(N)=O)CC2)C1. The number of urea groups is 1. The summed E-state index contributed by atoms with van der Waals surface area (Å²) in [5, 5.41) is 2.65. The number of nitrogens with zero attached hydrogens (tertiary/aromatic N) is 2. The Balaban J connectivity index is 1.96. The van der Waals surface area contributed by atoms with E-state index in [1.807, 2.05) is 0 Å². The lowest BCUT2D eigenvalue weighted by molar-refractivity contribution is 0.198. The number of amides is 2. The molecule has 0 bridgehead atoms. The molecule has 2 aliphatic heterocycles. The molecule has 3 N–H and O–H groups in total. The third-order valence-corrected chi connectivity index (χ3v) is 6.26. The zero-order valence-electron chi connectivity index (χ0n) is 12.8. The van der Waals surface area contributed by atoms with Crippen LogP contribution >= 0.6 is 0 Å². The first-order chi connectivity index (χ1) is 9.79. The van der Waals surface area contributed by atoms with Gasteiger partial charge in [-0.1, -0.05) is 13.8 Å². The van der Waals surface area contributed by atoms with Crippen LogP contribution in [-0.2, 0) is 10.2 Å². The smallest absolute Gasteiger partial charge is 0.312 e. The molecule has 0 aliphatic carbocycles. The maximum atomic E-state index is 12.7. The summed E-state index contributed by atoms with van der Waals surface area (Å²) in [5.74, 6) is 0.801. The fraction of sp³-hybridized carbons (Fsp3) is 0.923. The molecule has 2 rings (SSSR count). The molecule has 0 aromatic carbocycles. The largest absolute Gasteiger partial charge is 0.352 e. The molecule has 21 heavy (non-hydrogen) atoms. The van der Waals surface area contributed by atoms with Crippen molar-refractivity contribution in [3.8, 4) is 0 Å². The van der Waals surface area contributed by atoms with E-state index in [0.29, 0.717) is 50.9 Å². The normalized spacial score (nSPS) is 30.2. The number of rotatable bonds is 3. The number of piperidine rings is 2. The maximum absolute atomic E-state index is 12.7. The number of nitrogens with one attached hydrogen (secondary N) is 1. The fourth-order valence-electron chi connectivity index (χ4n) is 3.39. The van der Waals surface area contributed by atoms with E-state index >= 15 is 0 Å². The number of carbonyl (C=O) groups is 1. The minimum atomic E-state index is -3.38. The summed E-state index contributed by atoms with van der Waals surface area (Å²) in [4.78, 5) is 10.8. The highest BCUT2D eigenvalue weighted by atomic mass is 32.2. The highest BCUT2D eigenvalue weighted by molar-refractivity contribution is 7.86. The molecule has 2 heterocycles. The van der Waals surface area contributed by atoms with Gasteiger partial charge in [-0.2, -0.15) is 17.0 Å². The molecule has 0 unspecified atom stereocenters. The van der Waals surface area contributed by atoms with Crippen molar-refractivity contribution in [2.75, 3.05) is 26.2 Å². The van der Waals surface area contributed by atoms with E-state index in [2.05, 4.69) is 19.2 Å². The van der Waals surface area contributed by atoms with Crippen LogP contribution in [-0.4, -0.2) is 55.3 Å². The van der Waals surface area contributed by atoms with Crippen molar-refractivity contribution < 1.29 is 13.2 Å². The van der Waals surface area contributed by atoms with Crippen LogP contribution in [0.4, 0.5) is 4.79 Å². The summed E-state index contributed by atoms with van der Waals surface area (Å²) < 4.78 is 28.6. The zero-order valence-corrected chi connectivity index (χ0v) is 13.6. The van der Waals surface area contributed by atoms with Crippen molar-refractivity contribution in [3.05, 3.63) is 0 Å². The number of nitrogens with two attached hydrogens (primary N) is 1. The Morgan fingerprint density at radius 2 is 1.62 bits per heavy atom. The van der Waals surface area contributed by atoms with Crippen molar-refractivity contribution in [2.24, 2.45) is 17.6 Å². The Morgan fingerprint density at radius 1 is 1.10 bits per heavy atom. The van der Waals surface area contributed by atoms with Gasteiger partial charge in [0.25, 0.3) is 10.2 Å². The first-order valence-electron chi connectivity index (χ1n) is 7.60. The van der Waals surface area contributed by atoms with Gasteiger partial charge in [-0.05, 0) is 31.1 Å². The van der Waals surface area contributed by atoms with Gasteiger partial charge in [0.15, 0.2) is 0 Å². The molecular formula is C13H26N4O3S. The lowest BCUT2D eigenvalue weighted by atomic mass is 9.94. The average molecular weight is 318 g/mol. The number of hydrogen-bond acceptors (Lipinski definition) is 3. The van der Waals surface area contributed by atoms with E-state index in [1.54, 1.807) is 4.31 Å². The monoisotopic (exact) mass is 318 g/mol. The number of primary amides is 1. The first kappa shape index (κ1) is 16.5. The number of carbonyl (C=O) groups excluding carboxylic acids is 1. The molecule has 2 aliphatic rings. The van der Waals surface area contributed by atoms with Gasteiger partial charge in [0.05, 0.1) is 0 Å². The Bertz CT molecular complexity index is 464. The predicted molar refractivity (Wildman–Crippen MR) is 80.8 cm³/mol. The van der Waals surface area contributed by atoms with E-state index in [0.717, 1.165) is 6.42 Å². The maximum Gasteiger partial charge on any atom is 0.312 e. The molecule has 0 aromatic rings. The fourth-order valence-corrected chi connectivity index (χ4v) is 5.27. The highest BCUT2D eigenvalue weighted by Crippen LogP contribution is 2.26. The second kappa shape index (κ2) is 6.50. The van der Waals surface area contributed by atoms with Gasteiger partial charge in [-0.15, -0.1) is 0 Å². The van der Waals surface area contributed by atoms with Gasteiger partial charge < -0.3 is 11.1 Å². The molecule has 0 spiro atoms. The van der Waals surface area contributed by atoms with Gasteiger partial charge in [0.2, 0.25) is 0 Å². The summed E-state index contributed by atoms with van der Waals surface area (Å²) >= 11 is 0. The second-order valence-corrected chi connectivity index (χ2v) is 8.38. The second-order valence-electron chi connectivity index (χ2n) is 6.45. The van der Waals surface area contributed by atoms with E-state index in [9.17, 15) is 13.2 Å². The third-order valence-electron chi connectivity index (χ3n) is 4.29. The summed E-state index contributed by atoms with van der Waals surface area (Å²) in [5.41, 5.74) is 5.10. The highest BCUT2D eigenvalue weighted by Gasteiger charge is 2.36. The standard InChI is InChI=1S/C13H26N4O3S/c1-10-7-11(2)9-17(8-10)21(19,20)16-5-3-12(4-6-16)15-13(14)18/h10-12H,3-9H2,1-2H3,(H3,14,15,18)/t10-,11+. The molecule has 0 saturated carbocycles. The Morgan fingerprint density at radius 3 is 2.10 bits per heavy atom. The van der Waals surface area contributed by atoms with Crippen LogP contribution < -0.4 is 11.1 Å². The molecule has 8 heteroatoms. The molecule has 2 atom stereocenters. The molecule has 0 aromatic heterocycles. The van der Waals surface area contributed by atoms with Crippen LogP contribution in [0.1, 0.15) is 33.1 Å². The Hall–Kier alpha value is -0.860. The summed E-state index contributed by atoms with van der Waals surface area (Å²) in [6.45, 7) is 6.28. The molecule has 2 saturated heterocycles. The lowest BCUT2D eigenvalue weighted by Gasteiger charge is -2.39. The zero-order chi connectivity index (χ0) is 15.6. The minimum Gasteiger partial charge on any atom is -0.352 e. The molecule has 2 amide bonds. The van der Waals surface area contributed by atoms with Crippen molar-refractivity contribution in [1.29, 1.82) is 0 Å². The topological polar surface area (TPSA) is 95.7 Å². The molecular weight excluding hydrogens is 292 g/mol. The van der Waals surface area contributed by atoms with Crippen LogP contribution in [0.3, 0.4) is 0 Å². The molecule has 122 valence electrons. The quantitative estimate of drug-likeness (QED) is 0.785. The van der Waals surface area contributed by atoms with Gasteiger partial charge in [0, 0.05) is 32.2 Å². The Kier molecular flexibility index (Phi) is 5.11. The lowest BCUT2D eigenvalue weighted by Crippen LogP contribution is -2.53. The van der Waals surface area contributed by atoms with E-state index in [4.69, 9.17) is 5.73 Å². The van der Waals surface area contributed by atoms with Gasteiger partial charge in [-0.3, -0.25) is 0 Å². The molecule has 2 fully saturated rings. The van der Waals surface area contributed by atoms with E-state index in [1.165, 1.54) is 4.31 Å². The van der Waals surface area contributed by atoms with Crippen LogP contribution in [0.2, 0.25) is 0 Å². The van der Waals surface area contributed by atoms with Crippen molar-refractivity contribution >= 4 is 16.2 Å². The molecule has 0 radical (unpaired) electrons. The summed E-state index contributed by atoms with van der Waals surface area (Å²) in [6, 6.07) is -0.567. The van der Waals surface area contributed by atoms with Crippen LogP contribution in [0, 0.1) is 11.8 Å². The van der Waals surface area contributed by atoms with E-state index < -0.39 is 16.2 Å². The van der Waals surface area contributed by atoms with Gasteiger partial charge in [-0.25, -0.2) is 4.79 Å². The Labute approximate surface area is 127 Å².